The van der Waals surface area contributed by atoms with Crippen molar-refractivity contribution in [2.24, 2.45) is 7.05 Å². The SMILES string of the molecule is Cc1ccc(NC(=O)C(Sc2nc3sccc3c(=O)n2C)c2ccccc2)cc1Cl. The zero-order chi connectivity index (χ0) is 21.3. The van der Waals surface area contributed by atoms with E-state index in [4.69, 9.17) is 11.6 Å². The van der Waals surface area contributed by atoms with E-state index >= 15 is 0 Å². The van der Waals surface area contributed by atoms with E-state index in [1.807, 2.05) is 54.8 Å². The number of rotatable bonds is 5. The highest BCUT2D eigenvalue weighted by Crippen LogP contribution is 2.36. The van der Waals surface area contributed by atoms with Crippen molar-refractivity contribution >= 4 is 56.5 Å². The fourth-order valence-corrected chi connectivity index (χ4v) is 5.02. The Morgan fingerprint density at radius 2 is 1.97 bits per heavy atom. The van der Waals surface area contributed by atoms with Crippen molar-refractivity contribution in [1.82, 2.24) is 9.55 Å². The van der Waals surface area contributed by atoms with Gasteiger partial charge in [0, 0.05) is 17.8 Å². The number of aryl methyl sites for hydroxylation is 1. The molecule has 0 radical (unpaired) electrons. The molecule has 0 fully saturated rings. The van der Waals surface area contributed by atoms with Gasteiger partial charge in [-0.25, -0.2) is 4.98 Å². The van der Waals surface area contributed by atoms with Crippen molar-refractivity contribution in [2.75, 3.05) is 5.32 Å². The van der Waals surface area contributed by atoms with Gasteiger partial charge in [-0.2, -0.15) is 0 Å². The van der Waals surface area contributed by atoms with Crippen LogP contribution in [0.2, 0.25) is 5.02 Å². The number of aromatic nitrogens is 2. The van der Waals surface area contributed by atoms with Crippen LogP contribution in [0.5, 0.6) is 0 Å². The third-order valence-corrected chi connectivity index (χ3v) is 7.18. The number of hydrogen-bond acceptors (Lipinski definition) is 5. The first-order valence-electron chi connectivity index (χ1n) is 9.17. The van der Waals surface area contributed by atoms with Crippen LogP contribution >= 0.6 is 34.7 Å². The Bertz CT molecular complexity index is 1280. The van der Waals surface area contributed by atoms with Gasteiger partial charge in [0.2, 0.25) is 5.91 Å². The molecule has 0 spiro atoms. The average molecular weight is 456 g/mol. The smallest absolute Gasteiger partial charge is 0.262 e. The van der Waals surface area contributed by atoms with Crippen LogP contribution in [0.15, 0.2) is 69.9 Å². The Balaban J connectivity index is 1.70. The maximum absolute atomic E-state index is 13.2. The van der Waals surface area contributed by atoms with Gasteiger partial charge in [0.05, 0.1) is 5.39 Å². The fourth-order valence-electron chi connectivity index (χ4n) is 2.97. The molecule has 4 rings (SSSR count). The maximum atomic E-state index is 13.2. The lowest BCUT2D eigenvalue weighted by molar-refractivity contribution is -0.115. The number of amides is 1. The topological polar surface area (TPSA) is 64.0 Å². The van der Waals surface area contributed by atoms with E-state index in [0.29, 0.717) is 26.1 Å². The highest BCUT2D eigenvalue weighted by molar-refractivity contribution is 8.00. The summed E-state index contributed by atoms with van der Waals surface area (Å²) < 4.78 is 1.49. The summed E-state index contributed by atoms with van der Waals surface area (Å²) in [5.41, 5.74) is 2.25. The summed E-state index contributed by atoms with van der Waals surface area (Å²) >= 11 is 8.86. The number of halogens is 1. The van der Waals surface area contributed by atoms with Gasteiger partial charge in [-0.05, 0) is 41.6 Å². The molecule has 30 heavy (non-hydrogen) atoms. The van der Waals surface area contributed by atoms with Gasteiger partial charge in [-0.3, -0.25) is 14.2 Å². The summed E-state index contributed by atoms with van der Waals surface area (Å²) in [6, 6.07) is 16.6. The molecule has 2 heterocycles. The van der Waals surface area contributed by atoms with Crippen LogP contribution in [0.4, 0.5) is 5.69 Å². The van der Waals surface area contributed by atoms with Gasteiger partial charge in [0.1, 0.15) is 10.1 Å². The summed E-state index contributed by atoms with van der Waals surface area (Å²) in [5.74, 6) is -0.216. The first-order valence-corrected chi connectivity index (χ1v) is 11.3. The minimum atomic E-state index is -0.596. The quantitative estimate of drug-likeness (QED) is 0.322. The number of benzene rings is 2. The minimum Gasteiger partial charge on any atom is -0.325 e. The molecule has 2 aromatic carbocycles. The van der Waals surface area contributed by atoms with Gasteiger partial charge in [-0.15, -0.1) is 11.3 Å². The standard InChI is InChI=1S/C22H18ClN3O2S2/c1-13-8-9-15(12-17(13)23)24-19(27)18(14-6-4-3-5-7-14)30-22-25-20-16(10-11-29-20)21(28)26(22)2/h3-12,18H,1-2H3,(H,24,27). The van der Waals surface area contributed by atoms with Crippen LogP contribution in [0.25, 0.3) is 10.2 Å². The number of anilines is 1. The summed E-state index contributed by atoms with van der Waals surface area (Å²) in [5, 5.41) is 5.84. The first kappa shape index (κ1) is 20.7. The molecule has 0 saturated heterocycles. The summed E-state index contributed by atoms with van der Waals surface area (Å²) in [6.07, 6.45) is 0. The zero-order valence-electron chi connectivity index (χ0n) is 16.3. The van der Waals surface area contributed by atoms with Crippen LogP contribution < -0.4 is 10.9 Å². The van der Waals surface area contributed by atoms with Gasteiger partial charge >= 0.3 is 0 Å². The van der Waals surface area contributed by atoms with Crippen molar-refractivity contribution < 1.29 is 4.79 Å². The number of thiophene rings is 1. The second-order valence-corrected chi connectivity index (χ2v) is 9.13. The highest BCUT2D eigenvalue weighted by atomic mass is 35.5. The Morgan fingerprint density at radius 1 is 1.20 bits per heavy atom. The fraction of sp³-hybridized carbons (Fsp3) is 0.136. The maximum Gasteiger partial charge on any atom is 0.262 e. The van der Waals surface area contributed by atoms with E-state index in [2.05, 4.69) is 10.3 Å². The molecule has 0 bridgehead atoms. The molecule has 152 valence electrons. The Morgan fingerprint density at radius 3 is 2.70 bits per heavy atom. The molecule has 2 aromatic heterocycles. The average Bonchev–Trinajstić information content (AvgIpc) is 3.21. The number of nitrogens with one attached hydrogen (secondary N) is 1. The Kier molecular flexibility index (Phi) is 5.94. The van der Waals surface area contributed by atoms with E-state index in [-0.39, 0.29) is 11.5 Å². The Labute approximate surface area is 186 Å². The largest absolute Gasteiger partial charge is 0.325 e. The molecule has 1 unspecified atom stereocenters. The number of nitrogens with zero attached hydrogens (tertiary/aromatic N) is 2. The van der Waals surface area contributed by atoms with Gasteiger partial charge in [0.25, 0.3) is 5.56 Å². The molecule has 8 heteroatoms. The second-order valence-electron chi connectivity index (χ2n) is 6.76. The van der Waals surface area contributed by atoms with E-state index in [9.17, 15) is 9.59 Å². The molecule has 4 aromatic rings. The van der Waals surface area contributed by atoms with Gasteiger partial charge < -0.3 is 5.32 Å². The lowest BCUT2D eigenvalue weighted by Crippen LogP contribution is -2.23. The Hall–Kier alpha value is -2.61. The third-order valence-electron chi connectivity index (χ3n) is 4.67. The summed E-state index contributed by atoms with van der Waals surface area (Å²) in [4.78, 5) is 31.2. The number of carbonyl (C=O) groups excluding carboxylic acids is 1. The van der Waals surface area contributed by atoms with Crippen molar-refractivity contribution in [3.05, 3.63) is 86.5 Å². The highest BCUT2D eigenvalue weighted by Gasteiger charge is 2.25. The van der Waals surface area contributed by atoms with E-state index in [1.165, 1.54) is 27.7 Å². The summed E-state index contributed by atoms with van der Waals surface area (Å²) in [7, 11) is 1.68. The van der Waals surface area contributed by atoms with Crippen LogP contribution in [0, 0.1) is 6.92 Å². The normalized spacial score (nSPS) is 12.1. The van der Waals surface area contributed by atoms with Gasteiger partial charge in [0.15, 0.2) is 5.16 Å². The lowest BCUT2D eigenvalue weighted by Gasteiger charge is -2.18. The molecular formula is C22H18ClN3O2S2. The van der Waals surface area contributed by atoms with Crippen LogP contribution in [-0.4, -0.2) is 15.5 Å². The van der Waals surface area contributed by atoms with Crippen molar-refractivity contribution in [3.63, 3.8) is 0 Å². The molecule has 0 aliphatic carbocycles. The monoisotopic (exact) mass is 455 g/mol. The molecule has 0 saturated carbocycles. The zero-order valence-corrected chi connectivity index (χ0v) is 18.6. The van der Waals surface area contributed by atoms with Crippen LogP contribution in [0.1, 0.15) is 16.4 Å². The van der Waals surface area contributed by atoms with E-state index < -0.39 is 5.25 Å². The van der Waals surface area contributed by atoms with Crippen LogP contribution in [-0.2, 0) is 11.8 Å². The molecule has 5 nitrogen and oxygen atoms in total. The molecule has 0 aliphatic heterocycles. The van der Waals surface area contributed by atoms with Crippen molar-refractivity contribution in [1.29, 1.82) is 0 Å². The first-order chi connectivity index (χ1) is 14.4. The minimum absolute atomic E-state index is 0.124. The van der Waals surface area contributed by atoms with Crippen LogP contribution in [0.3, 0.4) is 0 Å². The third kappa shape index (κ3) is 4.14. The predicted octanol–water partition coefficient (Wildman–Crippen LogP) is 5.43. The second kappa shape index (κ2) is 8.63. The molecule has 1 N–H and O–H groups in total. The van der Waals surface area contributed by atoms with Gasteiger partial charge in [-0.1, -0.05) is 59.8 Å². The molecular weight excluding hydrogens is 438 g/mol. The predicted molar refractivity (Wildman–Crippen MR) is 125 cm³/mol. The molecule has 1 atom stereocenters. The number of thioether (sulfide) groups is 1. The summed E-state index contributed by atoms with van der Waals surface area (Å²) in [6.45, 7) is 1.91. The molecule has 0 aliphatic rings. The van der Waals surface area contributed by atoms with E-state index in [1.54, 1.807) is 19.2 Å². The number of fused-ring (bicyclic) bond motifs is 1. The number of carbonyl (C=O) groups is 1. The lowest BCUT2D eigenvalue weighted by atomic mass is 10.1. The molecule has 1 amide bonds. The van der Waals surface area contributed by atoms with E-state index in [0.717, 1.165) is 11.1 Å². The van der Waals surface area contributed by atoms with Crippen molar-refractivity contribution in [3.8, 4) is 0 Å². The van der Waals surface area contributed by atoms with Crippen molar-refractivity contribution in [2.45, 2.75) is 17.3 Å². The number of hydrogen-bond donors (Lipinski definition) is 1.